The average molecular weight is 219 g/mol. The zero-order valence-electron chi connectivity index (χ0n) is 8.62. The van der Waals surface area contributed by atoms with Crippen LogP contribution >= 0.6 is 11.6 Å². The molecule has 5 heteroatoms. The van der Waals surface area contributed by atoms with Gasteiger partial charge >= 0.3 is 0 Å². The lowest BCUT2D eigenvalue weighted by Crippen LogP contribution is -2.19. The summed E-state index contributed by atoms with van der Waals surface area (Å²) in [5.41, 5.74) is 1.77. The Morgan fingerprint density at radius 2 is 2.21 bits per heavy atom. The quantitative estimate of drug-likeness (QED) is 0.768. The van der Waals surface area contributed by atoms with E-state index in [0.29, 0.717) is 0 Å². The minimum Gasteiger partial charge on any atom is -0.487 e. The van der Waals surface area contributed by atoms with Gasteiger partial charge in [-0.05, 0) is 13.8 Å². The Morgan fingerprint density at radius 1 is 1.57 bits per heavy atom. The van der Waals surface area contributed by atoms with Crippen molar-refractivity contribution in [2.75, 3.05) is 12.5 Å². The van der Waals surface area contributed by atoms with Crippen molar-refractivity contribution >= 4 is 11.6 Å². The first-order valence-corrected chi connectivity index (χ1v) is 4.96. The number of ether oxygens (including phenoxy) is 1. The van der Waals surface area contributed by atoms with Gasteiger partial charge in [-0.3, -0.25) is 4.68 Å². The van der Waals surface area contributed by atoms with E-state index in [-0.39, 0.29) is 12.5 Å². The SMILES string of the molecule is Cc1nn(C)c(C)c1OCC(O)CCl. The number of halogens is 1. The van der Waals surface area contributed by atoms with E-state index in [1.54, 1.807) is 4.68 Å². The molecule has 0 saturated heterocycles. The van der Waals surface area contributed by atoms with Gasteiger partial charge in [0.2, 0.25) is 0 Å². The molecule has 1 aromatic rings. The molecule has 4 nitrogen and oxygen atoms in total. The maximum absolute atomic E-state index is 9.22. The second-order valence-corrected chi connectivity index (χ2v) is 3.55. The summed E-state index contributed by atoms with van der Waals surface area (Å²) >= 11 is 5.45. The molecule has 0 spiro atoms. The first-order chi connectivity index (χ1) is 6.56. The lowest BCUT2D eigenvalue weighted by atomic mass is 10.3. The Kier molecular flexibility index (Phi) is 3.77. The van der Waals surface area contributed by atoms with Crippen molar-refractivity contribution in [1.82, 2.24) is 9.78 Å². The lowest BCUT2D eigenvalue weighted by Gasteiger charge is -2.09. The minimum atomic E-state index is -0.629. The van der Waals surface area contributed by atoms with Crippen molar-refractivity contribution in [3.8, 4) is 5.75 Å². The molecule has 1 rings (SSSR count). The molecule has 0 radical (unpaired) electrons. The summed E-state index contributed by atoms with van der Waals surface area (Å²) in [6.45, 7) is 3.99. The van der Waals surface area contributed by atoms with Crippen molar-refractivity contribution in [3.63, 3.8) is 0 Å². The highest BCUT2D eigenvalue weighted by molar-refractivity contribution is 6.18. The van der Waals surface area contributed by atoms with Gasteiger partial charge in [-0.2, -0.15) is 5.10 Å². The van der Waals surface area contributed by atoms with Crippen LogP contribution in [0.3, 0.4) is 0 Å². The zero-order valence-corrected chi connectivity index (χ0v) is 9.38. The van der Waals surface area contributed by atoms with Gasteiger partial charge in [-0.1, -0.05) is 0 Å². The highest BCUT2D eigenvalue weighted by Gasteiger charge is 2.12. The highest BCUT2D eigenvalue weighted by atomic mass is 35.5. The van der Waals surface area contributed by atoms with Gasteiger partial charge in [0.05, 0.1) is 11.6 Å². The molecule has 0 aliphatic carbocycles. The third-order valence-electron chi connectivity index (χ3n) is 2.04. The maximum atomic E-state index is 9.22. The molecule has 0 saturated carbocycles. The van der Waals surface area contributed by atoms with Crippen molar-refractivity contribution < 1.29 is 9.84 Å². The monoisotopic (exact) mass is 218 g/mol. The van der Waals surface area contributed by atoms with Crippen LogP contribution in [0.25, 0.3) is 0 Å². The molecule has 1 N–H and O–H groups in total. The summed E-state index contributed by atoms with van der Waals surface area (Å²) in [4.78, 5) is 0. The summed E-state index contributed by atoms with van der Waals surface area (Å²) in [6.07, 6.45) is -0.629. The molecule has 0 aromatic carbocycles. The van der Waals surface area contributed by atoms with Gasteiger partial charge in [0.25, 0.3) is 0 Å². The van der Waals surface area contributed by atoms with Crippen LogP contribution in [0.15, 0.2) is 0 Å². The Labute approximate surface area is 88.4 Å². The van der Waals surface area contributed by atoms with Crippen molar-refractivity contribution in [1.29, 1.82) is 0 Å². The van der Waals surface area contributed by atoms with Gasteiger partial charge in [0.15, 0.2) is 5.75 Å². The Morgan fingerprint density at radius 3 is 2.64 bits per heavy atom. The first-order valence-electron chi connectivity index (χ1n) is 4.43. The van der Waals surface area contributed by atoms with Gasteiger partial charge in [-0.15, -0.1) is 11.6 Å². The number of nitrogens with zero attached hydrogens (tertiary/aromatic N) is 2. The fraction of sp³-hybridized carbons (Fsp3) is 0.667. The molecule has 0 amide bonds. The van der Waals surface area contributed by atoms with Crippen LogP contribution in [-0.4, -0.2) is 33.5 Å². The average Bonchev–Trinajstić information content (AvgIpc) is 2.39. The van der Waals surface area contributed by atoms with Crippen molar-refractivity contribution in [2.45, 2.75) is 20.0 Å². The van der Waals surface area contributed by atoms with E-state index in [9.17, 15) is 5.11 Å². The van der Waals surface area contributed by atoms with Gasteiger partial charge in [0.1, 0.15) is 18.4 Å². The predicted molar refractivity (Wildman–Crippen MR) is 54.9 cm³/mol. The van der Waals surface area contributed by atoms with Gasteiger partial charge < -0.3 is 9.84 Å². The largest absolute Gasteiger partial charge is 0.487 e. The second-order valence-electron chi connectivity index (χ2n) is 3.24. The molecule has 0 aliphatic rings. The summed E-state index contributed by atoms with van der Waals surface area (Å²) in [5.74, 6) is 0.912. The molecule has 0 aliphatic heterocycles. The maximum Gasteiger partial charge on any atom is 0.163 e. The van der Waals surface area contributed by atoms with E-state index in [2.05, 4.69) is 5.10 Å². The summed E-state index contributed by atoms with van der Waals surface area (Å²) < 4.78 is 7.17. The van der Waals surface area contributed by atoms with Crippen LogP contribution in [0.1, 0.15) is 11.4 Å². The molecular formula is C9H15ClN2O2. The normalized spacial score (nSPS) is 12.9. The highest BCUT2D eigenvalue weighted by Crippen LogP contribution is 2.21. The molecule has 0 fully saturated rings. The Balaban J connectivity index is 2.67. The smallest absolute Gasteiger partial charge is 0.163 e. The lowest BCUT2D eigenvalue weighted by molar-refractivity contribution is 0.124. The van der Waals surface area contributed by atoms with E-state index in [4.69, 9.17) is 16.3 Å². The third-order valence-corrected chi connectivity index (χ3v) is 2.40. The Hall–Kier alpha value is -0.740. The molecule has 1 aromatic heterocycles. The fourth-order valence-corrected chi connectivity index (χ4v) is 1.28. The molecule has 1 heterocycles. The number of alkyl halides is 1. The molecule has 1 atom stereocenters. The molecule has 1 unspecified atom stereocenters. The van der Waals surface area contributed by atoms with Gasteiger partial charge in [-0.25, -0.2) is 0 Å². The van der Waals surface area contributed by atoms with E-state index < -0.39 is 6.10 Å². The number of aliphatic hydroxyl groups is 1. The number of hydrogen-bond donors (Lipinski definition) is 1. The van der Waals surface area contributed by atoms with E-state index in [0.717, 1.165) is 17.1 Å². The summed E-state index contributed by atoms with van der Waals surface area (Å²) in [7, 11) is 1.85. The van der Waals surface area contributed by atoms with Crippen LogP contribution in [0.5, 0.6) is 5.75 Å². The minimum absolute atomic E-state index is 0.179. The standard InChI is InChI=1S/C9H15ClN2O2/c1-6-9(7(2)12(3)11-6)14-5-8(13)4-10/h8,13H,4-5H2,1-3H3. The predicted octanol–water partition coefficient (Wildman–Crippen LogP) is 1.02. The van der Waals surface area contributed by atoms with Crippen LogP contribution in [-0.2, 0) is 7.05 Å². The molecular weight excluding hydrogens is 204 g/mol. The van der Waals surface area contributed by atoms with Crippen molar-refractivity contribution in [2.24, 2.45) is 7.05 Å². The number of rotatable bonds is 4. The van der Waals surface area contributed by atoms with Crippen LogP contribution in [0, 0.1) is 13.8 Å². The number of hydrogen-bond acceptors (Lipinski definition) is 3. The molecule has 14 heavy (non-hydrogen) atoms. The summed E-state index contributed by atoms with van der Waals surface area (Å²) in [6, 6.07) is 0. The van der Waals surface area contributed by atoms with Crippen LogP contribution < -0.4 is 4.74 Å². The summed E-state index contributed by atoms with van der Waals surface area (Å²) in [5, 5.41) is 13.4. The van der Waals surface area contributed by atoms with E-state index in [1.165, 1.54) is 0 Å². The van der Waals surface area contributed by atoms with Crippen LogP contribution in [0.4, 0.5) is 0 Å². The topological polar surface area (TPSA) is 47.3 Å². The van der Waals surface area contributed by atoms with Crippen molar-refractivity contribution in [3.05, 3.63) is 11.4 Å². The number of aliphatic hydroxyl groups excluding tert-OH is 1. The molecule has 80 valence electrons. The van der Waals surface area contributed by atoms with Crippen LogP contribution in [0.2, 0.25) is 0 Å². The fourth-order valence-electron chi connectivity index (χ4n) is 1.19. The zero-order chi connectivity index (χ0) is 10.7. The Bertz CT molecular complexity index is 312. The third kappa shape index (κ3) is 2.39. The van der Waals surface area contributed by atoms with E-state index >= 15 is 0 Å². The number of aryl methyl sites for hydroxylation is 2. The number of aromatic nitrogens is 2. The first kappa shape index (κ1) is 11.3. The molecule has 0 bridgehead atoms. The van der Waals surface area contributed by atoms with Gasteiger partial charge in [0, 0.05) is 7.05 Å². The van der Waals surface area contributed by atoms with E-state index in [1.807, 2.05) is 20.9 Å². The second kappa shape index (κ2) is 4.66.